The Hall–Kier alpha value is -0.870. The average molecular weight is 102 g/mol. The van der Waals surface area contributed by atoms with Crippen LogP contribution < -0.4 is 0 Å². The molecule has 4 nitrogen and oxygen atoms in total. The molecule has 0 spiro atoms. The Bertz CT molecular complexity index is 96.3. The van der Waals surface area contributed by atoms with Gasteiger partial charge in [0.25, 0.3) is 0 Å². The van der Waals surface area contributed by atoms with E-state index in [0.717, 1.165) is 0 Å². The van der Waals surface area contributed by atoms with Crippen LogP contribution >= 0.6 is 0 Å². The van der Waals surface area contributed by atoms with Crippen molar-refractivity contribution in [1.82, 2.24) is 0 Å². The van der Waals surface area contributed by atoms with Crippen molar-refractivity contribution in [3.8, 4) is 0 Å². The van der Waals surface area contributed by atoms with Crippen LogP contribution in [0, 0.1) is 0 Å². The van der Waals surface area contributed by atoms with Gasteiger partial charge in [-0.15, -0.1) is 10.2 Å². The molecule has 0 aromatic heterocycles. The minimum Gasteiger partial charge on any atom is -0.246 e. The standard InChI is InChI=1S/C2H3FN4/c3-1-2-4-6-7-5-2/h2H,1H2. The first kappa shape index (κ1) is 4.29. The van der Waals surface area contributed by atoms with Crippen molar-refractivity contribution in [2.24, 2.45) is 20.7 Å². The molecule has 0 aromatic rings. The highest BCUT2D eigenvalue weighted by atomic mass is 19.1. The van der Waals surface area contributed by atoms with Gasteiger partial charge in [0.2, 0.25) is 6.17 Å². The van der Waals surface area contributed by atoms with Crippen molar-refractivity contribution < 1.29 is 4.39 Å². The molecule has 0 amide bonds. The number of hydrogen-bond donors (Lipinski definition) is 0. The van der Waals surface area contributed by atoms with Crippen LogP contribution in [-0.2, 0) is 0 Å². The van der Waals surface area contributed by atoms with E-state index in [9.17, 15) is 4.39 Å². The topological polar surface area (TPSA) is 49.4 Å². The number of hydrogen-bond acceptors (Lipinski definition) is 4. The Balaban J connectivity index is 2.44. The van der Waals surface area contributed by atoms with Gasteiger partial charge in [-0.3, -0.25) is 0 Å². The SMILES string of the molecule is FCC1N=NN=N1. The maximum Gasteiger partial charge on any atom is 0.213 e. The van der Waals surface area contributed by atoms with Gasteiger partial charge in [-0.2, -0.15) is 0 Å². The van der Waals surface area contributed by atoms with Crippen molar-refractivity contribution in [2.45, 2.75) is 6.17 Å². The van der Waals surface area contributed by atoms with Crippen LogP contribution in [0.5, 0.6) is 0 Å². The lowest BCUT2D eigenvalue weighted by Crippen LogP contribution is -1.96. The second kappa shape index (κ2) is 1.72. The van der Waals surface area contributed by atoms with Crippen LogP contribution in [0.2, 0.25) is 0 Å². The van der Waals surface area contributed by atoms with Crippen molar-refractivity contribution in [3.63, 3.8) is 0 Å². The molecule has 5 heteroatoms. The van der Waals surface area contributed by atoms with E-state index >= 15 is 0 Å². The smallest absolute Gasteiger partial charge is 0.213 e. The van der Waals surface area contributed by atoms with Crippen LogP contribution in [0.4, 0.5) is 4.39 Å². The van der Waals surface area contributed by atoms with E-state index in [4.69, 9.17) is 0 Å². The number of alkyl halides is 1. The maximum atomic E-state index is 11.4. The fourth-order valence-electron chi connectivity index (χ4n) is 0.250. The largest absolute Gasteiger partial charge is 0.246 e. The molecule has 1 aliphatic heterocycles. The quantitative estimate of drug-likeness (QED) is 0.476. The summed E-state index contributed by atoms with van der Waals surface area (Å²) in [4.78, 5) is 0. The molecule has 38 valence electrons. The molecule has 0 N–H and O–H groups in total. The third-order valence-electron chi connectivity index (χ3n) is 0.548. The average Bonchev–Trinajstić information content (AvgIpc) is 2.14. The van der Waals surface area contributed by atoms with E-state index in [0.29, 0.717) is 0 Å². The van der Waals surface area contributed by atoms with Gasteiger partial charge in [-0.25, -0.2) is 4.39 Å². The van der Waals surface area contributed by atoms with Crippen LogP contribution in [0.25, 0.3) is 0 Å². The molecule has 1 rings (SSSR count). The third kappa shape index (κ3) is 0.760. The fraction of sp³-hybridized carbons (Fsp3) is 1.00. The lowest BCUT2D eigenvalue weighted by Gasteiger charge is -1.84. The Morgan fingerprint density at radius 3 is 2.14 bits per heavy atom. The van der Waals surface area contributed by atoms with Crippen molar-refractivity contribution in [1.29, 1.82) is 0 Å². The van der Waals surface area contributed by atoms with Gasteiger partial charge in [0, 0.05) is 0 Å². The van der Waals surface area contributed by atoms with E-state index in [2.05, 4.69) is 20.7 Å². The van der Waals surface area contributed by atoms with Crippen molar-refractivity contribution >= 4 is 0 Å². The highest BCUT2D eigenvalue weighted by Crippen LogP contribution is 2.03. The summed E-state index contributed by atoms with van der Waals surface area (Å²) >= 11 is 0. The van der Waals surface area contributed by atoms with Crippen molar-refractivity contribution in [2.75, 3.05) is 6.67 Å². The molecule has 0 unspecified atom stereocenters. The zero-order valence-electron chi connectivity index (χ0n) is 3.45. The van der Waals surface area contributed by atoms with E-state index < -0.39 is 12.8 Å². The van der Waals surface area contributed by atoms with E-state index in [1.165, 1.54) is 0 Å². The van der Waals surface area contributed by atoms with E-state index in [-0.39, 0.29) is 0 Å². The van der Waals surface area contributed by atoms with Crippen LogP contribution in [-0.4, -0.2) is 12.8 Å². The lowest BCUT2D eigenvalue weighted by molar-refractivity contribution is 0.435. The molecule has 0 fully saturated rings. The van der Waals surface area contributed by atoms with Gasteiger partial charge in [0.1, 0.15) is 6.67 Å². The number of nitrogens with zero attached hydrogens (tertiary/aromatic N) is 4. The Morgan fingerprint density at radius 1 is 1.29 bits per heavy atom. The van der Waals surface area contributed by atoms with Crippen LogP contribution in [0.15, 0.2) is 20.7 Å². The van der Waals surface area contributed by atoms with Gasteiger partial charge in [-0.05, 0) is 10.4 Å². The molecule has 0 aromatic carbocycles. The predicted octanol–water partition coefficient (Wildman–Crippen LogP) is 1.11. The molecular formula is C2H3FN4. The Morgan fingerprint density at radius 2 is 1.86 bits per heavy atom. The highest BCUT2D eigenvalue weighted by molar-refractivity contribution is 4.57. The summed E-state index contributed by atoms with van der Waals surface area (Å²) in [5, 5.41) is 12.7. The maximum absolute atomic E-state index is 11.4. The molecule has 0 atom stereocenters. The highest BCUT2D eigenvalue weighted by Gasteiger charge is 2.05. The zero-order chi connectivity index (χ0) is 5.11. The summed E-state index contributed by atoms with van der Waals surface area (Å²) in [6.45, 7) is -0.604. The Labute approximate surface area is 39.1 Å². The first-order valence-electron chi connectivity index (χ1n) is 1.79. The third-order valence-corrected chi connectivity index (χ3v) is 0.548. The summed E-state index contributed by atoms with van der Waals surface area (Å²) in [5.74, 6) is 0. The monoisotopic (exact) mass is 102 g/mol. The number of halogens is 1. The minimum atomic E-state index is -0.653. The summed E-state index contributed by atoms with van der Waals surface area (Å²) in [6, 6.07) is 0. The summed E-state index contributed by atoms with van der Waals surface area (Å²) in [5.41, 5.74) is 0. The van der Waals surface area contributed by atoms with E-state index in [1.54, 1.807) is 0 Å². The van der Waals surface area contributed by atoms with Crippen LogP contribution in [0.3, 0.4) is 0 Å². The van der Waals surface area contributed by atoms with Gasteiger partial charge in [0.05, 0.1) is 0 Å². The summed E-state index contributed by atoms with van der Waals surface area (Å²) in [6.07, 6.45) is -0.653. The number of rotatable bonds is 1. The lowest BCUT2D eigenvalue weighted by atomic mass is 10.6. The normalized spacial score (nSPS) is 19.0. The molecule has 0 bridgehead atoms. The van der Waals surface area contributed by atoms with E-state index in [1.807, 2.05) is 0 Å². The second-order valence-corrected chi connectivity index (χ2v) is 1.04. The van der Waals surface area contributed by atoms with Crippen molar-refractivity contribution in [3.05, 3.63) is 0 Å². The summed E-state index contributed by atoms with van der Waals surface area (Å²) < 4.78 is 11.4. The minimum absolute atomic E-state index is 0.604. The molecule has 0 saturated heterocycles. The molecule has 0 radical (unpaired) electrons. The van der Waals surface area contributed by atoms with Crippen LogP contribution in [0.1, 0.15) is 0 Å². The van der Waals surface area contributed by atoms with Gasteiger partial charge in [0.15, 0.2) is 0 Å². The second-order valence-electron chi connectivity index (χ2n) is 1.04. The molecule has 1 aliphatic rings. The van der Waals surface area contributed by atoms with Gasteiger partial charge < -0.3 is 0 Å². The Kier molecular flexibility index (Phi) is 1.06. The molecule has 1 heterocycles. The first-order chi connectivity index (χ1) is 3.43. The zero-order valence-corrected chi connectivity index (χ0v) is 3.45. The molecular weight excluding hydrogens is 99.0 g/mol. The van der Waals surface area contributed by atoms with Gasteiger partial charge in [-0.1, -0.05) is 0 Å². The van der Waals surface area contributed by atoms with Gasteiger partial charge >= 0.3 is 0 Å². The molecule has 0 aliphatic carbocycles. The molecule has 0 saturated carbocycles. The predicted molar refractivity (Wildman–Crippen MR) is 19.5 cm³/mol. The first-order valence-corrected chi connectivity index (χ1v) is 1.79. The summed E-state index contributed by atoms with van der Waals surface area (Å²) in [7, 11) is 0. The fourth-order valence-corrected chi connectivity index (χ4v) is 0.250. The molecule has 7 heavy (non-hydrogen) atoms.